The van der Waals surface area contributed by atoms with Crippen molar-refractivity contribution >= 4 is 22.7 Å². The van der Waals surface area contributed by atoms with Gasteiger partial charge in [0.15, 0.2) is 0 Å². The van der Waals surface area contributed by atoms with Crippen molar-refractivity contribution in [1.29, 1.82) is 0 Å². The Bertz CT molecular complexity index is 640. The number of nitrogens with two attached hydrogens (primary N) is 2. The average molecular weight is 233 g/mol. The molecule has 0 spiro atoms. The van der Waals surface area contributed by atoms with Crippen LogP contribution in [-0.4, -0.2) is 16.8 Å². The van der Waals surface area contributed by atoms with Gasteiger partial charge in [0, 0.05) is 11.5 Å². The molecule has 0 aliphatic heterocycles. The van der Waals surface area contributed by atoms with E-state index in [1.165, 1.54) is 18.2 Å². The molecule has 0 unspecified atom stereocenters. The summed E-state index contributed by atoms with van der Waals surface area (Å²) >= 11 is 0. The van der Waals surface area contributed by atoms with E-state index >= 15 is 0 Å². The third-order valence-corrected chi connectivity index (χ3v) is 2.29. The van der Waals surface area contributed by atoms with Gasteiger partial charge in [-0.05, 0) is 18.2 Å². The van der Waals surface area contributed by atoms with Gasteiger partial charge in [-0.15, -0.1) is 0 Å². The smallest absolute Gasteiger partial charge is 0.267 e. The number of hydrogen-bond donors (Lipinski definition) is 2. The van der Waals surface area contributed by atoms with Gasteiger partial charge in [-0.1, -0.05) is 0 Å². The minimum Gasteiger partial charge on any atom is -0.366 e. The van der Waals surface area contributed by atoms with Crippen molar-refractivity contribution in [3.8, 4) is 0 Å². The molecule has 0 radical (unpaired) electrons. The normalized spacial score (nSPS) is 10.4. The minimum atomic E-state index is -0.807. The first-order valence-electron chi connectivity index (χ1n) is 4.69. The third kappa shape index (κ3) is 1.92. The predicted molar refractivity (Wildman–Crippen MR) is 58.7 cm³/mol. The monoisotopic (exact) mass is 233 g/mol. The van der Waals surface area contributed by atoms with E-state index in [2.05, 4.69) is 4.98 Å². The topological polar surface area (TPSA) is 99.1 Å². The Hall–Kier alpha value is -2.50. The van der Waals surface area contributed by atoms with Crippen LogP contribution in [0.4, 0.5) is 4.39 Å². The van der Waals surface area contributed by atoms with Gasteiger partial charge >= 0.3 is 0 Å². The molecule has 0 saturated heterocycles. The summed E-state index contributed by atoms with van der Waals surface area (Å²) < 4.78 is 13.0. The van der Waals surface area contributed by atoms with Crippen molar-refractivity contribution in [2.24, 2.45) is 11.5 Å². The molecule has 6 heteroatoms. The van der Waals surface area contributed by atoms with E-state index in [0.29, 0.717) is 5.39 Å². The van der Waals surface area contributed by atoms with Crippen LogP contribution in [0.1, 0.15) is 20.8 Å². The molecule has 0 bridgehead atoms. The molecule has 0 atom stereocenters. The van der Waals surface area contributed by atoms with Crippen LogP contribution in [0, 0.1) is 5.82 Å². The maximum absolute atomic E-state index is 13.0. The second kappa shape index (κ2) is 3.82. The summed E-state index contributed by atoms with van der Waals surface area (Å²) in [5, 5.41) is 0.379. The molecule has 0 aliphatic carbocycles. The summed E-state index contributed by atoms with van der Waals surface area (Å²) in [6.45, 7) is 0. The zero-order valence-electron chi connectivity index (χ0n) is 8.61. The molecule has 2 aromatic rings. The van der Waals surface area contributed by atoms with Gasteiger partial charge in [-0.25, -0.2) is 9.37 Å². The summed E-state index contributed by atoms with van der Waals surface area (Å²) in [4.78, 5) is 26.1. The highest BCUT2D eigenvalue weighted by Crippen LogP contribution is 2.19. The third-order valence-electron chi connectivity index (χ3n) is 2.29. The highest BCUT2D eigenvalue weighted by Gasteiger charge is 2.13. The largest absolute Gasteiger partial charge is 0.366 e. The summed E-state index contributed by atoms with van der Waals surface area (Å²) in [5.74, 6) is -2.06. The molecule has 0 aliphatic rings. The van der Waals surface area contributed by atoms with Crippen LogP contribution in [0.2, 0.25) is 0 Å². The van der Waals surface area contributed by atoms with Gasteiger partial charge in [0.1, 0.15) is 11.5 Å². The molecule has 1 heterocycles. The number of primary amides is 2. The standard InChI is InChI=1S/C11H8FN3O2/c12-5-1-2-6-7(10(13)16)4-9(11(14)17)15-8(6)3-5/h1-4H,(H2,13,16)(H2,14,17). The molecule has 1 aromatic heterocycles. The van der Waals surface area contributed by atoms with Gasteiger partial charge in [0.25, 0.3) is 5.91 Å². The lowest BCUT2D eigenvalue weighted by Gasteiger charge is -2.05. The molecule has 0 fully saturated rings. The fourth-order valence-electron chi connectivity index (χ4n) is 1.53. The fourth-order valence-corrected chi connectivity index (χ4v) is 1.53. The van der Waals surface area contributed by atoms with Crippen molar-refractivity contribution in [3.05, 3.63) is 41.3 Å². The van der Waals surface area contributed by atoms with Crippen LogP contribution in [0.5, 0.6) is 0 Å². The summed E-state index contributed by atoms with van der Waals surface area (Å²) in [5.41, 5.74) is 10.4. The first-order valence-corrected chi connectivity index (χ1v) is 4.69. The molecule has 2 amide bonds. The number of amides is 2. The number of pyridine rings is 1. The number of aromatic nitrogens is 1. The lowest BCUT2D eigenvalue weighted by Crippen LogP contribution is -2.17. The van der Waals surface area contributed by atoms with E-state index < -0.39 is 17.6 Å². The number of halogens is 1. The lowest BCUT2D eigenvalue weighted by molar-refractivity contribution is 0.0995. The van der Waals surface area contributed by atoms with Crippen LogP contribution >= 0.6 is 0 Å². The SMILES string of the molecule is NC(=O)c1cc(C(N)=O)c2ccc(F)cc2n1. The molecular formula is C11H8FN3O2. The number of carbonyl (C=O) groups excluding carboxylic acids is 2. The second-order valence-corrected chi connectivity index (χ2v) is 3.45. The van der Waals surface area contributed by atoms with E-state index in [-0.39, 0.29) is 16.8 Å². The zero-order chi connectivity index (χ0) is 12.6. The first-order chi connectivity index (χ1) is 7.99. The van der Waals surface area contributed by atoms with Gasteiger partial charge in [-0.2, -0.15) is 0 Å². The molecular weight excluding hydrogens is 225 g/mol. The van der Waals surface area contributed by atoms with Gasteiger partial charge in [-0.3, -0.25) is 9.59 Å². The van der Waals surface area contributed by atoms with Crippen LogP contribution in [0.15, 0.2) is 24.3 Å². The van der Waals surface area contributed by atoms with Gasteiger partial charge in [0.2, 0.25) is 5.91 Å². The highest BCUT2D eigenvalue weighted by atomic mass is 19.1. The number of hydrogen-bond acceptors (Lipinski definition) is 3. The van der Waals surface area contributed by atoms with E-state index in [4.69, 9.17) is 11.5 Å². The van der Waals surface area contributed by atoms with Crippen LogP contribution in [0.25, 0.3) is 10.9 Å². The van der Waals surface area contributed by atoms with Crippen LogP contribution in [-0.2, 0) is 0 Å². The van der Waals surface area contributed by atoms with Crippen molar-refractivity contribution in [2.75, 3.05) is 0 Å². The Morgan fingerprint density at radius 1 is 1.12 bits per heavy atom. The van der Waals surface area contributed by atoms with Crippen molar-refractivity contribution in [1.82, 2.24) is 4.98 Å². The van der Waals surface area contributed by atoms with Crippen molar-refractivity contribution in [2.45, 2.75) is 0 Å². The van der Waals surface area contributed by atoms with Crippen LogP contribution < -0.4 is 11.5 Å². The summed E-state index contributed by atoms with van der Waals surface area (Å²) in [6.07, 6.45) is 0. The van der Waals surface area contributed by atoms with Crippen LogP contribution in [0.3, 0.4) is 0 Å². The fraction of sp³-hybridized carbons (Fsp3) is 0. The van der Waals surface area contributed by atoms with E-state index in [1.807, 2.05) is 0 Å². The summed E-state index contributed by atoms with van der Waals surface area (Å²) in [7, 11) is 0. The molecule has 0 saturated carbocycles. The average Bonchev–Trinajstić information content (AvgIpc) is 2.26. The molecule has 4 N–H and O–H groups in total. The van der Waals surface area contributed by atoms with Crippen molar-refractivity contribution < 1.29 is 14.0 Å². The molecule has 86 valence electrons. The number of nitrogens with zero attached hydrogens (tertiary/aromatic N) is 1. The molecule has 1 aromatic carbocycles. The Morgan fingerprint density at radius 2 is 1.82 bits per heavy atom. The summed E-state index contributed by atoms with van der Waals surface area (Å²) in [6, 6.07) is 4.86. The van der Waals surface area contributed by atoms with E-state index in [1.54, 1.807) is 0 Å². The number of fused-ring (bicyclic) bond motifs is 1. The van der Waals surface area contributed by atoms with E-state index in [9.17, 15) is 14.0 Å². The minimum absolute atomic E-state index is 0.0869. The van der Waals surface area contributed by atoms with E-state index in [0.717, 1.165) is 6.07 Å². The number of rotatable bonds is 2. The Morgan fingerprint density at radius 3 is 2.41 bits per heavy atom. The van der Waals surface area contributed by atoms with Gasteiger partial charge < -0.3 is 11.5 Å². The molecule has 2 rings (SSSR count). The zero-order valence-corrected chi connectivity index (χ0v) is 8.61. The Balaban J connectivity index is 2.85. The lowest BCUT2D eigenvalue weighted by atomic mass is 10.1. The Labute approximate surface area is 95.2 Å². The quantitative estimate of drug-likeness (QED) is 0.793. The van der Waals surface area contributed by atoms with Crippen molar-refractivity contribution in [3.63, 3.8) is 0 Å². The number of benzene rings is 1. The predicted octanol–water partition coefficient (Wildman–Crippen LogP) is 0.572. The molecule has 17 heavy (non-hydrogen) atoms. The maximum atomic E-state index is 13.0. The maximum Gasteiger partial charge on any atom is 0.267 e. The Kier molecular flexibility index (Phi) is 2.47. The first kappa shape index (κ1) is 11.0. The second-order valence-electron chi connectivity index (χ2n) is 3.45. The highest BCUT2D eigenvalue weighted by molar-refractivity contribution is 6.07. The van der Waals surface area contributed by atoms with Gasteiger partial charge in [0.05, 0.1) is 11.1 Å². The number of carbonyl (C=O) groups is 2. The molecule has 5 nitrogen and oxygen atoms in total.